The third-order valence-electron chi connectivity index (χ3n) is 5.46. The van der Waals surface area contributed by atoms with E-state index in [-0.39, 0.29) is 5.91 Å². The number of likely N-dealkylation sites (tertiary alicyclic amines) is 1. The SMILES string of the molecule is O=C(c1cnn(-c2cccc(Cl)c2)c1C1CCNCC1)N1CCCCC1. The molecule has 0 bridgehead atoms. The minimum absolute atomic E-state index is 0.131. The summed E-state index contributed by atoms with van der Waals surface area (Å²) in [5.74, 6) is 0.466. The van der Waals surface area contributed by atoms with Gasteiger partial charge < -0.3 is 10.2 Å². The topological polar surface area (TPSA) is 50.2 Å². The lowest BCUT2D eigenvalue weighted by Gasteiger charge is -2.29. The number of nitrogens with one attached hydrogen (secondary N) is 1. The minimum atomic E-state index is 0.131. The highest BCUT2D eigenvalue weighted by Crippen LogP contribution is 2.31. The number of hydrogen-bond donors (Lipinski definition) is 1. The van der Waals surface area contributed by atoms with Gasteiger partial charge in [-0.2, -0.15) is 5.10 Å². The van der Waals surface area contributed by atoms with E-state index in [2.05, 4.69) is 10.4 Å². The molecule has 2 aromatic rings. The summed E-state index contributed by atoms with van der Waals surface area (Å²) in [6.07, 6.45) is 7.20. The van der Waals surface area contributed by atoms with E-state index in [9.17, 15) is 4.79 Å². The van der Waals surface area contributed by atoms with Crippen molar-refractivity contribution in [2.24, 2.45) is 0 Å². The molecule has 138 valence electrons. The summed E-state index contributed by atoms with van der Waals surface area (Å²) in [7, 11) is 0. The summed E-state index contributed by atoms with van der Waals surface area (Å²) >= 11 is 6.20. The van der Waals surface area contributed by atoms with Crippen molar-refractivity contribution >= 4 is 17.5 Å². The van der Waals surface area contributed by atoms with E-state index >= 15 is 0 Å². The molecule has 2 aliphatic rings. The van der Waals surface area contributed by atoms with Crippen LogP contribution < -0.4 is 5.32 Å². The van der Waals surface area contributed by atoms with Crippen molar-refractivity contribution < 1.29 is 4.79 Å². The number of aromatic nitrogens is 2. The van der Waals surface area contributed by atoms with Crippen molar-refractivity contribution in [3.8, 4) is 5.69 Å². The molecule has 1 aromatic carbocycles. The van der Waals surface area contributed by atoms with Gasteiger partial charge in [-0.25, -0.2) is 4.68 Å². The van der Waals surface area contributed by atoms with E-state index in [1.54, 1.807) is 6.20 Å². The van der Waals surface area contributed by atoms with Gasteiger partial charge in [-0.3, -0.25) is 4.79 Å². The fourth-order valence-electron chi connectivity index (χ4n) is 4.09. The Morgan fingerprint density at radius 1 is 1.15 bits per heavy atom. The number of hydrogen-bond acceptors (Lipinski definition) is 3. The molecule has 0 atom stereocenters. The average Bonchev–Trinajstić information content (AvgIpc) is 3.14. The van der Waals surface area contributed by atoms with E-state index < -0.39 is 0 Å². The first-order valence-electron chi connectivity index (χ1n) is 9.58. The number of rotatable bonds is 3. The van der Waals surface area contributed by atoms with E-state index in [1.807, 2.05) is 33.8 Å². The Hall–Kier alpha value is -1.85. The molecule has 0 saturated carbocycles. The van der Waals surface area contributed by atoms with Crippen LogP contribution in [0.25, 0.3) is 5.69 Å². The third-order valence-corrected chi connectivity index (χ3v) is 5.69. The van der Waals surface area contributed by atoms with Crippen LogP contribution in [-0.2, 0) is 0 Å². The molecule has 1 N–H and O–H groups in total. The number of carbonyl (C=O) groups is 1. The van der Waals surface area contributed by atoms with E-state index in [1.165, 1.54) is 6.42 Å². The van der Waals surface area contributed by atoms with Crippen LogP contribution in [-0.4, -0.2) is 46.8 Å². The van der Waals surface area contributed by atoms with Gasteiger partial charge >= 0.3 is 0 Å². The molecular formula is C20H25ClN4O. The molecule has 0 aliphatic carbocycles. The quantitative estimate of drug-likeness (QED) is 0.895. The Kier molecular flexibility index (Phi) is 5.27. The number of nitrogens with zero attached hydrogens (tertiary/aromatic N) is 3. The third kappa shape index (κ3) is 3.51. The van der Waals surface area contributed by atoms with Gasteiger partial charge in [0.2, 0.25) is 0 Å². The smallest absolute Gasteiger partial charge is 0.257 e. The van der Waals surface area contributed by atoms with Crippen molar-refractivity contribution in [3.63, 3.8) is 0 Å². The van der Waals surface area contributed by atoms with Crippen LogP contribution in [0.15, 0.2) is 30.5 Å². The Morgan fingerprint density at radius 3 is 2.65 bits per heavy atom. The molecule has 2 fully saturated rings. The summed E-state index contributed by atoms with van der Waals surface area (Å²) in [5, 5.41) is 8.70. The molecule has 4 rings (SSSR count). The van der Waals surface area contributed by atoms with Crippen molar-refractivity contribution in [3.05, 3.63) is 46.7 Å². The molecule has 0 spiro atoms. The first kappa shape index (κ1) is 17.6. The van der Waals surface area contributed by atoms with Crippen molar-refractivity contribution in [1.82, 2.24) is 20.0 Å². The largest absolute Gasteiger partial charge is 0.339 e. The zero-order chi connectivity index (χ0) is 17.9. The molecule has 3 heterocycles. The second kappa shape index (κ2) is 7.80. The van der Waals surface area contributed by atoms with Crippen LogP contribution >= 0.6 is 11.6 Å². The van der Waals surface area contributed by atoms with Crippen molar-refractivity contribution in [2.45, 2.75) is 38.0 Å². The monoisotopic (exact) mass is 372 g/mol. The van der Waals surface area contributed by atoms with Crippen LogP contribution in [0.1, 0.15) is 54.1 Å². The van der Waals surface area contributed by atoms with E-state index in [4.69, 9.17) is 11.6 Å². The number of amides is 1. The van der Waals surface area contributed by atoms with E-state index in [0.717, 1.165) is 68.8 Å². The second-order valence-corrected chi connectivity index (χ2v) is 7.65. The zero-order valence-corrected chi connectivity index (χ0v) is 15.7. The number of piperidine rings is 2. The number of benzene rings is 1. The molecular weight excluding hydrogens is 348 g/mol. The van der Waals surface area contributed by atoms with Gasteiger partial charge in [0.25, 0.3) is 5.91 Å². The van der Waals surface area contributed by atoms with Crippen LogP contribution in [0.3, 0.4) is 0 Å². The fourth-order valence-corrected chi connectivity index (χ4v) is 4.28. The fraction of sp³-hybridized carbons (Fsp3) is 0.500. The Morgan fingerprint density at radius 2 is 1.92 bits per heavy atom. The lowest BCUT2D eigenvalue weighted by molar-refractivity contribution is 0.0722. The van der Waals surface area contributed by atoms with Crippen LogP contribution in [0.4, 0.5) is 0 Å². The summed E-state index contributed by atoms with van der Waals surface area (Å²) in [6, 6.07) is 7.70. The molecule has 1 amide bonds. The predicted molar refractivity (Wildman–Crippen MR) is 103 cm³/mol. The van der Waals surface area contributed by atoms with E-state index in [0.29, 0.717) is 10.9 Å². The molecule has 2 aliphatic heterocycles. The Labute approximate surface area is 159 Å². The predicted octanol–water partition coefficient (Wildman–Crippen LogP) is 3.62. The highest BCUT2D eigenvalue weighted by Gasteiger charge is 2.29. The molecule has 0 unspecified atom stereocenters. The van der Waals surface area contributed by atoms with Crippen LogP contribution in [0, 0.1) is 0 Å². The normalized spacial score (nSPS) is 18.9. The van der Waals surface area contributed by atoms with Gasteiger partial charge in [0, 0.05) is 24.0 Å². The molecule has 0 radical (unpaired) electrons. The van der Waals surface area contributed by atoms with Crippen molar-refractivity contribution in [2.75, 3.05) is 26.2 Å². The number of halogens is 1. The highest BCUT2D eigenvalue weighted by molar-refractivity contribution is 6.30. The first-order chi connectivity index (χ1) is 12.7. The van der Waals surface area contributed by atoms with Crippen LogP contribution in [0.5, 0.6) is 0 Å². The molecule has 1 aromatic heterocycles. The highest BCUT2D eigenvalue weighted by atomic mass is 35.5. The van der Waals surface area contributed by atoms with Crippen LogP contribution in [0.2, 0.25) is 5.02 Å². The number of carbonyl (C=O) groups excluding carboxylic acids is 1. The molecule has 6 heteroatoms. The maximum atomic E-state index is 13.2. The van der Waals surface area contributed by atoms with Gasteiger partial charge in [0.1, 0.15) is 0 Å². The Bertz CT molecular complexity index is 776. The zero-order valence-electron chi connectivity index (χ0n) is 15.0. The minimum Gasteiger partial charge on any atom is -0.339 e. The summed E-state index contributed by atoms with van der Waals surface area (Å²) in [4.78, 5) is 15.2. The van der Waals surface area contributed by atoms with Gasteiger partial charge in [-0.05, 0) is 63.4 Å². The Balaban J connectivity index is 1.74. The molecule has 26 heavy (non-hydrogen) atoms. The molecule has 5 nitrogen and oxygen atoms in total. The lowest BCUT2D eigenvalue weighted by atomic mass is 9.91. The van der Waals surface area contributed by atoms with Gasteiger partial charge in [0.15, 0.2) is 0 Å². The van der Waals surface area contributed by atoms with Gasteiger partial charge in [-0.1, -0.05) is 17.7 Å². The summed E-state index contributed by atoms with van der Waals surface area (Å²) in [5.41, 5.74) is 2.73. The maximum absolute atomic E-state index is 13.2. The average molecular weight is 373 g/mol. The van der Waals surface area contributed by atoms with Gasteiger partial charge in [0.05, 0.1) is 23.1 Å². The second-order valence-electron chi connectivity index (χ2n) is 7.21. The standard InChI is InChI=1S/C20H25ClN4O/c21-16-5-4-6-17(13-16)25-19(15-7-9-22-10-8-15)18(14-23-25)20(26)24-11-2-1-3-12-24/h4-6,13-15,22H,1-3,7-12H2. The first-order valence-corrected chi connectivity index (χ1v) is 9.95. The molecule has 2 saturated heterocycles. The van der Waals surface area contributed by atoms with Gasteiger partial charge in [-0.15, -0.1) is 0 Å². The lowest BCUT2D eigenvalue weighted by Crippen LogP contribution is -2.36. The summed E-state index contributed by atoms with van der Waals surface area (Å²) < 4.78 is 1.93. The van der Waals surface area contributed by atoms with Crippen molar-refractivity contribution in [1.29, 1.82) is 0 Å². The maximum Gasteiger partial charge on any atom is 0.257 e. The summed E-state index contributed by atoms with van der Waals surface area (Å²) in [6.45, 7) is 3.66.